The molecule has 0 radical (unpaired) electrons. The highest BCUT2D eigenvalue weighted by molar-refractivity contribution is 5.96. The Morgan fingerprint density at radius 2 is 1.36 bits per heavy atom. The molecule has 0 spiro atoms. The molecule has 1 aliphatic carbocycles. The third-order valence-electron chi connectivity index (χ3n) is 7.43. The van der Waals surface area contributed by atoms with E-state index in [9.17, 15) is 4.79 Å². The zero-order valence-corrected chi connectivity index (χ0v) is 20.2. The molecule has 0 atom stereocenters. The van der Waals surface area contributed by atoms with Gasteiger partial charge >= 0.3 is 0 Å². The number of aromatic nitrogens is 2. The Balaban J connectivity index is 1.45. The van der Waals surface area contributed by atoms with Crippen molar-refractivity contribution in [1.82, 2.24) is 9.55 Å². The SMILES string of the molecule is NC(=O)c1ccc2c(c1)nc(-c1ccc(C(c3ccccc3)c3ccccc3)cc1)n2C1CCCC1. The Hall–Kier alpha value is -4.18. The van der Waals surface area contributed by atoms with Crippen LogP contribution in [0.25, 0.3) is 22.4 Å². The summed E-state index contributed by atoms with van der Waals surface area (Å²) in [6, 6.07) is 36.2. The smallest absolute Gasteiger partial charge is 0.248 e. The van der Waals surface area contributed by atoms with Crippen molar-refractivity contribution >= 4 is 16.9 Å². The first kappa shape index (κ1) is 22.3. The van der Waals surface area contributed by atoms with Crippen molar-refractivity contribution in [2.75, 3.05) is 0 Å². The van der Waals surface area contributed by atoms with Crippen molar-refractivity contribution < 1.29 is 4.79 Å². The Bertz CT molecular complexity index is 1460. The standard InChI is InChI=1S/C32H29N3O/c33-31(36)26-19-20-29-28(21-26)34-32(35(29)27-13-7-8-14-27)25-17-15-24(16-18-25)30(22-9-3-1-4-10-22)23-11-5-2-6-12-23/h1-6,9-12,15-21,27,30H,7-8,13-14H2,(H2,33,36). The van der Waals surface area contributed by atoms with E-state index in [2.05, 4.69) is 89.5 Å². The number of hydrogen-bond acceptors (Lipinski definition) is 2. The number of imidazole rings is 1. The molecule has 4 aromatic carbocycles. The number of carbonyl (C=O) groups is 1. The Morgan fingerprint density at radius 3 is 1.94 bits per heavy atom. The molecule has 1 aromatic heterocycles. The summed E-state index contributed by atoms with van der Waals surface area (Å²) in [6.45, 7) is 0. The Labute approximate surface area is 211 Å². The molecule has 1 fully saturated rings. The summed E-state index contributed by atoms with van der Waals surface area (Å²) >= 11 is 0. The van der Waals surface area contributed by atoms with Gasteiger partial charge in [-0.15, -0.1) is 0 Å². The molecule has 0 unspecified atom stereocenters. The summed E-state index contributed by atoms with van der Waals surface area (Å²) in [6.07, 6.45) is 4.77. The second kappa shape index (κ2) is 9.46. The Kier molecular flexibility index (Phi) is 5.86. The van der Waals surface area contributed by atoms with E-state index in [4.69, 9.17) is 10.7 Å². The molecule has 178 valence electrons. The molecular formula is C32H29N3O. The maximum absolute atomic E-state index is 11.8. The molecule has 1 aliphatic rings. The largest absolute Gasteiger partial charge is 0.366 e. The van der Waals surface area contributed by atoms with Gasteiger partial charge in [0.1, 0.15) is 5.82 Å². The number of rotatable bonds is 6. The molecule has 0 bridgehead atoms. The molecule has 2 N–H and O–H groups in total. The summed E-state index contributed by atoms with van der Waals surface area (Å²) in [5.74, 6) is 0.695. The minimum Gasteiger partial charge on any atom is -0.366 e. The molecule has 4 nitrogen and oxygen atoms in total. The first-order valence-corrected chi connectivity index (χ1v) is 12.7. The highest BCUT2D eigenvalue weighted by Gasteiger charge is 2.24. The first-order valence-electron chi connectivity index (χ1n) is 12.7. The molecule has 0 saturated heterocycles. The molecule has 1 heterocycles. The van der Waals surface area contributed by atoms with E-state index in [1.165, 1.54) is 29.5 Å². The third-order valence-corrected chi connectivity index (χ3v) is 7.43. The van der Waals surface area contributed by atoms with Gasteiger partial charge in [0, 0.05) is 23.1 Å². The van der Waals surface area contributed by atoms with Crippen molar-refractivity contribution in [2.24, 2.45) is 5.73 Å². The van der Waals surface area contributed by atoms with E-state index in [1.807, 2.05) is 18.2 Å². The van der Waals surface area contributed by atoms with E-state index in [1.54, 1.807) is 0 Å². The monoisotopic (exact) mass is 471 g/mol. The highest BCUT2D eigenvalue weighted by atomic mass is 16.1. The summed E-state index contributed by atoms with van der Waals surface area (Å²) in [4.78, 5) is 16.8. The van der Waals surface area contributed by atoms with Gasteiger partial charge in [0.25, 0.3) is 0 Å². The average molecular weight is 472 g/mol. The number of carbonyl (C=O) groups excluding carboxylic acids is 1. The van der Waals surface area contributed by atoms with Crippen molar-refractivity contribution in [3.8, 4) is 11.4 Å². The quantitative estimate of drug-likeness (QED) is 0.269. The van der Waals surface area contributed by atoms with Crippen molar-refractivity contribution in [1.29, 1.82) is 0 Å². The molecule has 36 heavy (non-hydrogen) atoms. The van der Waals surface area contributed by atoms with Crippen LogP contribution in [0.15, 0.2) is 103 Å². The fourth-order valence-electron chi connectivity index (χ4n) is 5.68. The maximum atomic E-state index is 11.8. The van der Waals surface area contributed by atoms with Gasteiger partial charge in [-0.2, -0.15) is 0 Å². The van der Waals surface area contributed by atoms with E-state index >= 15 is 0 Å². The molecule has 1 amide bonds. The number of nitrogens with two attached hydrogens (primary N) is 1. The van der Waals surface area contributed by atoms with Gasteiger partial charge in [0.05, 0.1) is 11.0 Å². The summed E-state index contributed by atoms with van der Waals surface area (Å²) < 4.78 is 2.38. The zero-order chi connectivity index (χ0) is 24.5. The number of amides is 1. The summed E-state index contributed by atoms with van der Waals surface area (Å²) in [5.41, 5.74) is 12.8. The van der Waals surface area contributed by atoms with Crippen LogP contribution in [0, 0.1) is 0 Å². The van der Waals surface area contributed by atoms with Gasteiger partial charge in [0.2, 0.25) is 5.91 Å². The second-order valence-electron chi connectivity index (χ2n) is 9.69. The molecular weight excluding hydrogens is 442 g/mol. The lowest BCUT2D eigenvalue weighted by Crippen LogP contribution is -2.10. The minimum atomic E-state index is -0.425. The van der Waals surface area contributed by atoms with Crippen LogP contribution in [0.4, 0.5) is 0 Å². The van der Waals surface area contributed by atoms with E-state index in [-0.39, 0.29) is 5.92 Å². The first-order chi connectivity index (χ1) is 17.7. The number of fused-ring (bicyclic) bond motifs is 1. The molecule has 5 aromatic rings. The lowest BCUT2D eigenvalue weighted by atomic mass is 9.85. The van der Waals surface area contributed by atoms with E-state index in [0.29, 0.717) is 11.6 Å². The molecule has 6 rings (SSSR count). The van der Waals surface area contributed by atoms with Gasteiger partial charge in [0.15, 0.2) is 0 Å². The number of hydrogen-bond donors (Lipinski definition) is 1. The fourth-order valence-corrected chi connectivity index (χ4v) is 5.68. The predicted octanol–water partition coefficient (Wildman–Crippen LogP) is 7.10. The van der Waals surface area contributed by atoms with Crippen molar-refractivity contribution in [3.63, 3.8) is 0 Å². The average Bonchev–Trinajstić information content (AvgIpc) is 3.58. The topological polar surface area (TPSA) is 60.9 Å². The molecule has 1 saturated carbocycles. The minimum absolute atomic E-state index is 0.160. The number of nitrogens with zero attached hydrogens (tertiary/aromatic N) is 2. The van der Waals surface area contributed by atoms with Gasteiger partial charge < -0.3 is 10.3 Å². The van der Waals surface area contributed by atoms with E-state index in [0.717, 1.165) is 35.3 Å². The van der Waals surface area contributed by atoms with Crippen LogP contribution >= 0.6 is 0 Å². The summed E-state index contributed by atoms with van der Waals surface area (Å²) in [7, 11) is 0. The van der Waals surface area contributed by atoms with E-state index < -0.39 is 5.91 Å². The lowest BCUT2D eigenvalue weighted by molar-refractivity contribution is 0.100. The molecule has 4 heteroatoms. The van der Waals surface area contributed by atoms with Crippen LogP contribution in [0.3, 0.4) is 0 Å². The van der Waals surface area contributed by atoms with Crippen LogP contribution in [0.2, 0.25) is 0 Å². The molecule has 0 aliphatic heterocycles. The van der Waals surface area contributed by atoms with Gasteiger partial charge in [-0.25, -0.2) is 4.98 Å². The number of primary amides is 1. The van der Waals surface area contributed by atoms with Gasteiger partial charge in [-0.3, -0.25) is 4.79 Å². The third kappa shape index (κ3) is 4.09. The number of benzene rings is 4. The Morgan fingerprint density at radius 1 is 0.778 bits per heavy atom. The van der Waals surface area contributed by atoms with Crippen LogP contribution in [-0.2, 0) is 0 Å². The van der Waals surface area contributed by atoms with Crippen LogP contribution in [-0.4, -0.2) is 15.5 Å². The fraction of sp³-hybridized carbons (Fsp3) is 0.188. The lowest BCUT2D eigenvalue weighted by Gasteiger charge is -2.20. The van der Waals surface area contributed by atoms with Crippen LogP contribution in [0.5, 0.6) is 0 Å². The van der Waals surface area contributed by atoms with Crippen molar-refractivity contribution in [2.45, 2.75) is 37.6 Å². The van der Waals surface area contributed by atoms with Crippen LogP contribution in [0.1, 0.15) is 64.7 Å². The highest BCUT2D eigenvalue weighted by Crippen LogP contribution is 2.38. The summed E-state index contributed by atoms with van der Waals surface area (Å²) in [5, 5.41) is 0. The maximum Gasteiger partial charge on any atom is 0.248 e. The normalized spacial score (nSPS) is 14.0. The second-order valence-corrected chi connectivity index (χ2v) is 9.69. The van der Waals surface area contributed by atoms with Crippen molar-refractivity contribution in [3.05, 3.63) is 125 Å². The van der Waals surface area contributed by atoms with Crippen LogP contribution < -0.4 is 5.73 Å². The van der Waals surface area contributed by atoms with Gasteiger partial charge in [-0.05, 0) is 47.7 Å². The van der Waals surface area contributed by atoms with Gasteiger partial charge in [-0.1, -0.05) is 97.8 Å². The zero-order valence-electron chi connectivity index (χ0n) is 20.2. The predicted molar refractivity (Wildman–Crippen MR) is 145 cm³/mol.